The van der Waals surface area contributed by atoms with E-state index < -0.39 is 5.91 Å². The van der Waals surface area contributed by atoms with Gasteiger partial charge in [0, 0.05) is 55.9 Å². The van der Waals surface area contributed by atoms with Crippen LogP contribution in [0.4, 0.5) is 5.69 Å². The summed E-state index contributed by atoms with van der Waals surface area (Å²) in [5.41, 5.74) is 12.3. The number of methoxy groups -OCH3 is 1. The molecule has 3 aromatic rings. The van der Waals surface area contributed by atoms with Crippen molar-refractivity contribution in [1.29, 1.82) is 0 Å². The number of nitrogens with two attached hydrogens (primary N) is 1. The maximum atomic E-state index is 11.7. The molecule has 2 N–H and O–H groups in total. The molecule has 202 valence electrons. The van der Waals surface area contributed by atoms with E-state index in [1.165, 1.54) is 11.1 Å². The number of primary amides is 1. The molecule has 1 aliphatic rings. The highest BCUT2D eigenvalue weighted by atomic mass is 16.5. The van der Waals surface area contributed by atoms with Crippen molar-refractivity contribution in [3.8, 4) is 5.88 Å². The molecule has 8 nitrogen and oxygen atoms in total. The first-order valence-electron chi connectivity index (χ1n) is 13.4. The lowest BCUT2D eigenvalue weighted by atomic mass is 9.98. The second-order valence-corrected chi connectivity index (χ2v) is 10.4. The fraction of sp³-hybridized carbons (Fsp3) is 0.467. The van der Waals surface area contributed by atoms with E-state index in [0.29, 0.717) is 23.5 Å². The van der Waals surface area contributed by atoms with Crippen LogP contribution in [0.5, 0.6) is 5.88 Å². The Morgan fingerprint density at radius 2 is 1.92 bits per heavy atom. The van der Waals surface area contributed by atoms with Crippen molar-refractivity contribution in [2.75, 3.05) is 25.1 Å². The molecule has 0 saturated carbocycles. The number of anilines is 1. The highest BCUT2D eigenvalue weighted by Gasteiger charge is 2.28. The number of pyridine rings is 3. The minimum atomic E-state index is -0.409. The van der Waals surface area contributed by atoms with E-state index in [-0.39, 0.29) is 0 Å². The van der Waals surface area contributed by atoms with Crippen molar-refractivity contribution in [2.24, 2.45) is 5.73 Å². The first kappa shape index (κ1) is 27.5. The number of nitrogens with zero attached hydrogens (tertiary/aromatic N) is 5. The van der Waals surface area contributed by atoms with Gasteiger partial charge in [-0.2, -0.15) is 0 Å². The van der Waals surface area contributed by atoms with Gasteiger partial charge < -0.3 is 20.3 Å². The largest absolute Gasteiger partial charge is 0.481 e. The number of carbonyl (C=O) groups excluding carboxylic acids is 1. The molecular weight excluding hydrogens is 476 g/mol. The number of hydrogen-bond acceptors (Lipinski definition) is 7. The third-order valence-electron chi connectivity index (χ3n) is 7.83. The highest BCUT2D eigenvalue weighted by molar-refractivity contribution is 5.95. The zero-order valence-corrected chi connectivity index (χ0v) is 23.3. The van der Waals surface area contributed by atoms with Crippen LogP contribution in [-0.4, -0.2) is 58.0 Å². The molecular formula is C30H40N6O2. The number of carbonyl (C=O) groups is 1. The van der Waals surface area contributed by atoms with Gasteiger partial charge in [0.15, 0.2) is 0 Å². The van der Waals surface area contributed by atoms with Crippen molar-refractivity contribution in [3.05, 3.63) is 76.5 Å². The average Bonchev–Trinajstić information content (AvgIpc) is 2.91. The number of likely N-dealkylation sites (tertiary alicyclic amines) is 1. The maximum Gasteiger partial charge on any atom is 0.250 e. The van der Waals surface area contributed by atoms with E-state index in [0.717, 1.165) is 68.0 Å². The third kappa shape index (κ3) is 6.48. The molecule has 0 spiro atoms. The number of amides is 1. The Kier molecular flexibility index (Phi) is 8.94. The number of aromatic nitrogens is 3. The molecule has 0 aromatic carbocycles. The van der Waals surface area contributed by atoms with Crippen LogP contribution in [0.25, 0.3) is 0 Å². The predicted octanol–water partition coefficient (Wildman–Crippen LogP) is 4.40. The molecule has 1 fully saturated rings. The Morgan fingerprint density at radius 3 is 2.53 bits per heavy atom. The van der Waals surface area contributed by atoms with Crippen LogP contribution in [0.15, 0.2) is 42.9 Å². The number of hydrogen-bond donors (Lipinski definition) is 1. The van der Waals surface area contributed by atoms with Crippen LogP contribution in [0.2, 0.25) is 0 Å². The summed E-state index contributed by atoms with van der Waals surface area (Å²) in [5, 5.41) is 0. The lowest BCUT2D eigenvalue weighted by molar-refractivity contribution is 0.0998. The second kappa shape index (κ2) is 12.3. The average molecular weight is 517 g/mol. The van der Waals surface area contributed by atoms with Crippen molar-refractivity contribution < 1.29 is 9.53 Å². The smallest absolute Gasteiger partial charge is 0.250 e. The Bertz CT molecular complexity index is 1210. The molecule has 4 rings (SSSR count). The van der Waals surface area contributed by atoms with Crippen LogP contribution in [0.3, 0.4) is 0 Å². The first-order chi connectivity index (χ1) is 18.3. The van der Waals surface area contributed by atoms with Gasteiger partial charge in [-0.25, -0.2) is 4.98 Å². The van der Waals surface area contributed by atoms with Gasteiger partial charge in [0.25, 0.3) is 5.91 Å². The SMILES string of the molecule is COc1ccc(N(Cc2cnccc2C)C2CCN([C@H](C)CCc3cc(C)c(C(N)=O)c(C)n3)CC2)cn1. The van der Waals surface area contributed by atoms with E-state index in [4.69, 9.17) is 10.5 Å². The van der Waals surface area contributed by atoms with Crippen LogP contribution in [0.1, 0.15) is 64.6 Å². The van der Waals surface area contributed by atoms with Crippen LogP contribution in [0, 0.1) is 20.8 Å². The van der Waals surface area contributed by atoms with Gasteiger partial charge in [0.2, 0.25) is 5.88 Å². The van der Waals surface area contributed by atoms with Gasteiger partial charge in [-0.3, -0.25) is 14.8 Å². The van der Waals surface area contributed by atoms with Crippen LogP contribution < -0.4 is 15.4 Å². The van der Waals surface area contributed by atoms with Crippen molar-refractivity contribution in [1.82, 2.24) is 19.9 Å². The summed E-state index contributed by atoms with van der Waals surface area (Å²) < 4.78 is 5.29. The first-order valence-corrected chi connectivity index (χ1v) is 13.4. The molecule has 0 unspecified atom stereocenters. The number of piperidine rings is 1. The van der Waals surface area contributed by atoms with Gasteiger partial charge >= 0.3 is 0 Å². The highest BCUT2D eigenvalue weighted by Crippen LogP contribution is 2.28. The molecule has 1 amide bonds. The van der Waals surface area contributed by atoms with Crippen molar-refractivity contribution in [2.45, 2.75) is 72.0 Å². The number of rotatable bonds is 10. The van der Waals surface area contributed by atoms with E-state index >= 15 is 0 Å². The van der Waals surface area contributed by atoms with Gasteiger partial charge in [-0.05, 0) is 88.3 Å². The van der Waals surface area contributed by atoms with Gasteiger partial charge in [0.05, 0.1) is 30.3 Å². The lowest BCUT2D eigenvalue weighted by Gasteiger charge is -2.42. The molecule has 8 heteroatoms. The Balaban J connectivity index is 1.40. The summed E-state index contributed by atoms with van der Waals surface area (Å²) in [6, 6.07) is 8.99. The van der Waals surface area contributed by atoms with Gasteiger partial charge in [0.1, 0.15) is 0 Å². The second-order valence-electron chi connectivity index (χ2n) is 10.4. The van der Waals surface area contributed by atoms with Gasteiger partial charge in [-0.1, -0.05) is 0 Å². The Hall–Kier alpha value is -3.52. The molecule has 0 bridgehead atoms. The number of aryl methyl sites for hydroxylation is 4. The summed E-state index contributed by atoms with van der Waals surface area (Å²) in [7, 11) is 1.64. The maximum absolute atomic E-state index is 11.7. The molecule has 1 atom stereocenters. The van der Waals surface area contributed by atoms with E-state index in [1.54, 1.807) is 7.11 Å². The van der Waals surface area contributed by atoms with Crippen molar-refractivity contribution >= 4 is 11.6 Å². The Morgan fingerprint density at radius 1 is 1.16 bits per heavy atom. The minimum Gasteiger partial charge on any atom is -0.481 e. The van der Waals surface area contributed by atoms with Gasteiger partial charge in [-0.15, -0.1) is 0 Å². The molecule has 0 radical (unpaired) electrons. The summed E-state index contributed by atoms with van der Waals surface area (Å²) in [6.07, 6.45) is 9.81. The predicted molar refractivity (Wildman–Crippen MR) is 151 cm³/mol. The normalized spacial score (nSPS) is 15.3. The monoisotopic (exact) mass is 516 g/mol. The zero-order valence-electron chi connectivity index (χ0n) is 23.3. The van der Waals surface area contributed by atoms with Crippen LogP contribution in [-0.2, 0) is 13.0 Å². The molecule has 1 aliphatic heterocycles. The molecule has 38 heavy (non-hydrogen) atoms. The Labute approximate surface area is 226 Å². The lowest BCUT2D eigenvalue weighted by Crippen LogP contribution is -2.47. The summed E-state index contributed by atoms with van der Waals surface area (Å²) in [5.74, 6) is 0.215. The van der Waals surface area contributed by atoms with E-state index in [9.17, 15) is 4.79 Å². The standard InChI is InChI=1S/C30H40N6O2/c1-20-10-13-32-17-24(20)19-36(27-8-9-28(38-5)33-18-27)26-11-14-35(15-12-26)22(3)6-7-25-16-21(2)29(30(31)37)23(4)34-25/h8-10,13,16-18,22,26H,6-7,11-12,14-15,19H2,1-5H3,(H2,31,37)/t22-/m1/s1. The molecule has 1 saturated heterocycles. The van der Waals surface area contributed by atoms with Crippen molar-refractivity contribution in [3.63, 3.8) is 0 Å². The molecule has 3 aromatic heterocycles. The summed E-state index contributed by atoms with van der Waals surface area (Å²) in [4.78, 5) is 30.3. The van der Waals surface area contributed by atoms with E-state index in [2.05, 4.69) is 50.7 Å². The fourth-order valence-electron chi connectivity index (χ4n) is 5.53. The third-order valence-corrected chi connectivity index (χ3v) is 7.83. The summed E-state index contributed by atoms with van der Waals surface area (Å²) in [6.45, 7) is 11.1. The summed E-state index contributed by atoms with van der Waals surface area (Å²) >= 11 is 0. The zero-order chi connectivity index (χ0) is 27.2. The minimum absolute atomic E-state index is 0.409. The topological polar surface area (TPSA) is 97.5 Å². The molecule has 0 aliphatic carbocycles. The van der Waals surface area contributed by atoms with E-state index in [1.807, 2.05) is 44.6 Å². The molecule has 4 heterocycles. The fourth-order valence-corrected chi connectivity index (χ4v) is 5.53. The quantitative estimate of drug-likeness (QED) is 0.427. The van der Waals surface area contributed by atoms with Crippen LogP contribution >= 0.6 is 0 Å². The number of ether oxygens (including phenoxy) is 1.